The monoisotopic (exact) mass is 374 g/mol. The first-order valence-corrected chi connectivity index (χ1v) is 10.9. The number of hydrogen-bond donors (Lipinski definition) is 1. The highest BCUT2D eigenvalue weighted by Gasteiger charge is 2.29. The minimum absolute atomic E-state index is 0.475. The van der Waals surface area contributed by atoms with Gasteiger partial charge in [-0.3, -0.25) is 4.99 Å². The molecular weight excluding hydrogens is 336 g/mol. The van der Waals surface area contributed by atoms with Gasteiger partial charge in [0.1, 0.15) is 0 Å². The Kier molecular flexibility index (Phi) is 7.56. The van der Waals surface area contributed by atoms with Gasteiger partial charge >= 0.3 is 0 Å². The fraction of sp³-hybridized carbons (Fsp3) is 0.810. The normalized spacial score (nSPS) is 25.7. The van der Waals surface area contributed by atoms with Crippen molar-refractivity contribution in [3.63, 3.8) is 0 Å². The van der Waals surface area contributed by atoms with E-state index in [2.05, 4.69) is 51.6 Å². The Balaban J connectivity index is 1.55. The number of hydrogen-bond acceptors (Lipinski definition) is 3. The average Bonchev–Trinajstić information content (AvgIpc) is 3.23. The molecule has 0 amide bonds. The molecule has 1 aromatic rings. The summed E-state index contributed by atoms with van der Waals surface area (Å²) >= 11 is 0. The minimum atomic E-state index is 0.475. The van der Waals surface area contributed by atoms with Gasteiger partial charge < -0.3 is 19.7 Å². The van der Waals surface area contributed by atoms with Crippen molar-refractivity contribution in [3.05, 3.63) is 18.7 Å². The highest BCUT2D eigenvalue weighted by molar-refractivity contribution is 5.80. The molecule has 0 aliphatic carbocycles. The standard InChI is InChI=1S/C21H38N6/c1-4-23-21(24-10-6-19-8-12-25(5-2)13-9-19)26-14-7-18(3)20(16-26)27-15-11-22-17-27/h11,15,17-20H,4-10,12-14,16H2,1-3H3,(H,23,24). The Hall–Kier alpha value is -1.56. The van der Waals surface area contributed by atoms with Crippen molar-refractivity contribution in [2.75, 3.05) is 45.8 Å². The summed E-state index contributed by atoms with van der Waals surface area (Å²) in [5.74, 6) is 2.61. The maximum Gasteiger partial charge on any atom is 0.193 e. The third kappa shape index (κ3) is 5.47. The smallest absolute Gasteiger partial charge is 0.193 e. The lowest BCUT2D eigenvalue weighted by atomic mass is 9.93. The molecule has 2 saturated heterocycles. The van der Waals surface area contributed by atoms with Crippen LogP contribution in [-0.4, -0.2) is 71.1 Å². The summed E-state index contributed by atoms with van der Waals surface area (Å²) in [5.41, 5.74) is 0. The molecule has 2 aliphatic rings. The van der Waals surface area contributed by atoms with E-state index in [-0.39, 0.29) is 0 Å². The van der Waals surface area contributed by atoms with E-state index in [0.29, 0.717) is 12.0 Å². The third-order valence-electron chi connectivity index (χ3n) is 6.41. The molecule has 27 heavy (non-hydrogen) atoms. The van der Waals surface area contributed by atoms with Crippen LogP contribution in [0.2, 0.25) is 0 Å². The first-order valence-electron chi connectivity index (χ1n) is 10.9. The van der Waals surface area contributed by atoms with E-state index in [4.69, 9.17) is 4.99 Å². The molecule has 152 valence electrons. The molecule has 0 aromatic carbocycles. The molecule has 0 spiro atoms. The van der Waals surface area contributed by atoms with Gasteiger partial charge in [0.15, 0.2) is 5.96 Å². The van der Waals surface area contributed by atoms with Crippen LogP contribution in [0.15, 0.2) is 23.7 Å². The van der Waals surface area contributed by atoms with Gasteiger partial charge in [-0.05, 0) is 64.1 Å². The molecule has 2 unspecified atom stereocenters. The van der Waals surface area contributed by atoms with Crippen LogP contribution in [-0.2, 0) is 0 Å². The lowest BCUT2D eigenvalue weighted by Crippen LogP contribution is -2.49. The maximum absolute atomic E-state index is 5.00. The van der Waals surface area contributed by atoms with Gasteiger partial charge in [-0.2, -0.15) is 0 Å². The van der Waals surface area contributed by atoms with E-state index >= 15 is 0 Å². The predicted octanol–water partition coefficient (Wildman–Crippen LogP) is 2.85. The van der Waals surface area contributed by atoms with Gasteiger partial charge in [0.2, 0.25) is 0 Å². The molecule has 3 heterocycles. The van der Waals surface area contributed by atoms with Gasteiger partial charge in [-0.15, -0.1) is 0 Å². The lowest BCUT2D eigenvalue weighted by molar-refractivity contribution is 0.185. The molecule has 6 nitrogen and oxygen atoms in total. The Morgan fingerprint density at radius 2 is 2.00 bits per heavy atom. The van der Waals surface area contributed by atoms with Crippen LogP contribution >= 0.6 is 0 Å². The average molecular weight is 375 g/mol. The summed E-state index contributed by atoms with van der Waals surface area (Å²) in [4.78, 5) is 14.3. The highest BCUT2D eigenvalue weighted by atomic mass is 15.3. The van der Waals surface area contributed by atoms with Crippen LogP contribution in [0.4, 0.5) is 0 Å². The summed E-state index contributed by atoms with van der Waals surface area (Å²) in [7, 11) is 0. The Labute approximate surface area is 165 Å². The summed E-state index contributed by atoms with van der Waals surface area (Å²) in [6.07, 6.45) is 11.0. The van der Waals surface area contributed by atoms with Gasteiger partial charge in [0.05, 0.1) is 12.4 Å². The SMILES string of the molecule is CCNC(=NCCC1CCN(CC)CC1)N1CCC(C)C(n2ccnc2)C1. The second-order valence-corrected chi connectivity index (χ2v) is 8.19. The number of nitrogens with zero attached hydrogens (tertiary/aromatic N) is 5. The first-order chi connectivity index (χ1) is 13.2. The topological polar surface area (TPSA) is 48.7 Å². The number of nitrogens with one attached hydrogen (secondary N) is 1. The van der Waals surface area contributed by atoms with E-state index in [9.17, 15) is 0 Å². The number of aliphatic imine (C=N–C) groups is 1. The van der Waals surface area contributed by atoms with Crippen molar-refractivity contribution in [1.82, 2.24) is 24.7 Å². The van der Waals surface area contributed by atoms with E-state index in [1.54, 1.807) is 0 Å². The molecule has 0 bridgehead atoms. The fourth-order valence-electron chi connectivity index (χ4n) is 4.47. The van der Waals surface area contributed by atoms with Crippen LogP contribution in [0, 0.1) is 11.8 Å². The lowest BCUT2D eigenvalue weighted by Gasteiger charge is -2.39. The zero-order chi connectivity index (χ0) is 19.1. The largest absolute Gasteiger partial charge is 0.357 e. The van der Waals surface area contributed by atoms with Crippen molar-refractivity contribution < 1.29 is 0 Å². The van der Waals surface area contributed by atoms with E-state index < -0.39 is 0 Å². The fourth-order valence-corrected chi connectivity index (χ4v) is 4.47. The van der Waals surface area contributed by atoms with Crippen molar-refractivity contribution in [2.45, 2.75) is 52.5 Å². The summed E-state index contributed by atoms with van der Waals surface area (Å²) < 4.78 is 2.27. The predicted molar refractivity (Wildman–Crippen MR) is 112 cm³/mol. The Morgan fingerprint density at radius 1 is 1.19 bits per heavy atom. The number of aromatic nitrogens is 2. The molecule has 2 aliphatic heterocycles. The van der Waals surface area contributed by atoms with E-state index in [0.717, 1.165) is 38.1 Å². The second-order valence-electron chi connectivity index (χ2n) is 8.19. The van der Waals surface area contributed by atoms with Crippen LogP contribution in [0.1, 0.15) is 52.5 Å². The van der Waals surface area contributed by atoms with Gasteiger partial charge in [0.25, 0.3) is 0 Å². The van der Waals surface area contributed by atoms with Crippen LogP contribution in [0.5, 0.6) is 0 Å². The van der Waals surface area contributed by atoms with Crippen LogP contribution in [0.3, 0.4) is 0 Å². The summed E-state index contributed by atoms with van der Waals surface area (Å²) in [6, 6.07) is 0.475. The van der Waals surface area contributed by atoms with Crippen molar-refractivity contribution in [2.24, 2.45) is 16.8 Å². The molecule has 3 rings (SSSR count). The molecular formula is C21H38N6. The molecule has 2 atom stereocenters. The van der Waals surface area contributed by atoms with Gasteiger partial charge in [-0.25, -0.2) is 4.98 Å². The second kappa shape index (κ2) is 10.1. The quantitative estimate of drug-likeness (QED) is 0.614. The number of rotatable bonds is 6. The van der Waals surface area contributed by atoms with Crippen molar-refractivity contribution in [1.29, 1.82) is 0 Å². The maximum atomic E-state index is 5.00. The third-order valence-corrected chi connectivity index (χ3v) is 6.41. The van der Waals surface area contributed by atoms with Gasteiger partial charge in [0, 0.05) is 38.6 Å². The zero-order valence-electron chi connectivity index (χ0n) is 17.5. The molecule has 2 fully saturated rings. The number of imidazole rings is 1. The van der Waals surface area contributed by atoms with E-state index in [1.807, 2.05) is 12.5 Å². The van der Waals surface area contributed by atoms with Crippen LogP contribution in [0.25, 0.3) is 0 Å². The van der Waals surface area contributed by atoms with Gasteiger partial charge in [-0.1, -0.05) is 13.8 Å². The Bertz CT molecular complexity index is 561. The number of likely N-dealkylation sites (tertiary alicyclic amines) is 2. The number of piperidine rings is 2. The molecule has 1 aromatic heterocycles. The van der Waals surface area contributed by atoms with Crippen LogP contribution < -0.4 is 5.32 Å². The minimum Gasteiger partial charge on any atom is -0.357 e. The molecule has 6 heteroatoms. The van der Waals surface area contributed by atoms with E-state index in [1.165, 1.54) is 45.3 Å². The first kappa shape index (κ1) is 20.2. The highest BCUT2D eigenvalue weighted by Crippen LogP contribution is 2.27. The molecule has 1 N–H and O–H groups in total. The number of guanidine groups is 1. The van der Waals surface area contributed by atoms with Crippen molar-refractivity contribution in [3.8, 4) is 0 Å². The summed E-state index contributed by atoms with van der Waals surface area (Å²) in [5, 5.41) is 3.53. The summed E-state index contributed by atoms with van der Waals surface area (Å²) in [6.45, 7) is 14.5. The van der Waals surface area contributed by atoms with Crippen molar-refractivity contribution >= 4 is 5.96 Å². The zero-order valence-corrected chi connectivity index (χ0v) is 17.5. The Morgan fingerprint density at radius 3 is 2.67 bits per heavy atom. The molecule has 0 saturated carbocycles. The molecule has 0 radical (unpaired) electrons.